The Kier molecular flexibility index (Phi) is 2.03. The molecule has 1 saturated heterocycles. The van der Waals surface area contributed by atoms with Crippen LogP contribution in [0.15, 0.2) is 0 Å². The van der Waals surface area contributed by atoms with Gasteiger partial charge in [0.05, 0.1) is 6.67 Å². The molecule has 2 nitrogen and oxygen atoms in total. The van der Waals surface area contributed by atoms with Crippen LogP contribution in [0.3, 0.4) is 0 Å². The third kappa shape index (κ3) is 1.22. The number of nitrogens with two attached hydrogens (primary N) is 1. The lowest BCUT2D eigenvalue weighted by molar-refractivity contribution is 0.240. The Morgan fingerprint density at radius 3 is 2.67 bits per heavy atom. The molecular weight excluding hydrogens is 119 g/mol. The Morgan fingerprint density at radius 2 is 2.44 bits per heavy atom. The zero-order chi connectivity index (χ0) is 6.74. The Bertz CT molecular complexity index is 83.1. The molecule has 1 aliphatic rings. The minimum atomic E-state index is -0.281. The third-order valence-electron chi connectivity index (χ3n) is 2.05. The highest BCUT2D eigenvalue weighted by molar-refractivity contribution is 4.87. The molecule has 1 aliphatic heterocycles. The molecule has 1 heterocycles. The molecule has 1 atom stereocenters. The number of halogens is 1. The molecule has 0 amide bonds. The van der Waals surface area contributed by atoms with Crippen LogP contribution in [0.4, 0.5) is 4.39 Å². The summed E-state index contributed by atoms with van der Waals surface area (Å²) in [6.45, 7) is 1.86. The predicted molar refractivity (Wildman–Crippen MR) is 34.9 cm³/mol. The first kappa shape index (κ1) is 6.96. The highest BCUT2D eigenvalue weighted by atomic mass is 19.1. The molecule has 54 valence electrons. The van der Waals surface area contributed by atoms with Crippen molar-refractivity contribution in [2.45, 2.75) is 6.42 Å². The molecule has 3 heteroatoms. The fourth-order valence-corrected chi connectivity index (χ4v) is 1.14. The topological polar surface area (TPSA) is 38.0 Å². The van der Waals surface area contributed by atoms with Crippen LogP contribution < -0.4 is 11.1 Å². The summed E-state index contributed by atoms with van der Waals surface area (Å²) in [7, 11) is 0. The highest BCUT2D eigenvalue weighted by Gasteiger charge is 2.31. The highest BCUT2D eigenvalue weighted by Crippen LogP contribution is 2.23. The van der Waals surface area contributed by atoms with Gasteiger partial charge in [0.15, 0.2) is 0 Å². The number of hydrogen-bond acceptors (Lipinski definition) is 2. The molecule has 1 fully saturated rings. The van der Waals surface area contributed by atoms with Gasteiger partial charge in [-0.2, -0.15) is 0 Å². The van der Waals surface area contributed by atoms with E-state index in [1.54, 1.807) is 0 Å². The Morgan fingerprint density at radius 1 is 1.67 bits per heavy atom. The number of hydrogen-bond donors (Lipinski definition) is 2. The van der Waals surface area contributed by atoms with E-state index in [1.807, 2.05) is 0 Å². The normalized spacial score (nSPS) is 35.3. The van der Waals surface area contributed by atoms with Crippen LogP contribution in [-0.4, -0.2) is 26.3 Å². The first-order valence-electron chi connectivity index (χ1n) is 3.30. The zero-order valence-corrected chi connectivity index (χ0v) is 5.49. The summed E-state index contributed by atoms with van der Waals surface area (Å²) in [6.07, 6.45) is 0.889. The van der Waals surface area contributed by atoms with Gasteiger partial charge in [-0.25, -0.2) is 0 Å². The van der Waals surface area contributed by atoms with Crippen molar-refractivity contribution in [3.8, 4) is 0 Å². The summed E-state index contributed by atoms with van der Waals surface area (Å²) in [6, 6.07) is 0. The standard InChI is InChI=1S/C6H13FN2/c7-3-6(4-8)1-2-9-5-6/h9H,1-5,8H2/t6-/m0/s1. The number of nitrogens with one attached hydrogen (secondary N) is 1. The van der Waals surface area contributed by atoms with Crippen LogP contribution in [-0.2, 0) is 0 Å². The Balaban J connectivity index is 2.45. The van der Waals surface area contributed by atoms with Gasteiger partial charge in [-0.3, -0.25) is 4.39 Å². The van der Waals surface area contributed by atoms with Crippen molar-refractivity contribution >= 4 is 0 Å². The van der Waals surface area contributed by atoms with Gasteiger partial charge >= 0.3 is 0 Å². The van der Waals surface area contributed by atoms with Gasteiger partial charge < -0.3 is 11.1 Å². The molecule has 0 saturated carbocycles. The van der Waals surface area contributed by atoms with Crippen LogP contribution in [0.2, 0.25) is 0 Å². The summed E-state index contributed by atoms with van der Waals surface area (Å²) >= 11 is 0. The first-order valence-corrected chi connectivity index (χ1v) is 3.30. The summed E-state index contributed by atoms with van der Waals surface area (Å²) in [5, 5.41) is 3.10. The molecule has 0 bridgehead atoms. The van der Waals surface area contributed by atoms with E-state index in [0.29, 0.717) is 6.54 Å². The fraction of sp³-hybridized carbons (Fsp3) is 1.00. The zero-order valence-electron chi connectivity index (χ0n) is 5.49. The van der Waals surface area contributed by atoms with E-state index in [0.717, 1.165) is 19.5 Å². The Labute approximate surface area is 54.6 Å². The van der Waals surface area contributed by atoms with E-state index in [2.05, 4.69) is 5.32 Å². The predicted octanol–water partition coefficient (Wildman–Crippen LogP) is -0.106. The van der Waals surface area contributed by atoms with Crippen molar-refractivity contribution in [3.05, 3.63) is 0 Å². The number of rotatable bonds is 2. The SMILES string of the molecule is NC[C@@]1(CF)CCNC1. The molecule has 0 aromatic carbocycles. The third-order valence-corrected chi connectivity index (χ3v) is 2.05. The summed E-state index contributed by atoms with van der Waals surface area (Å²) in [5.74, 6) is 0. The van der Waals surface area contributed by atoms with Crippen molar-refractivity contribution in [2.24, 2.45) is 11.1 Å². The molecule has 0 aromatic rings. The molecule has 0 aromatic heterocycles. The van der Waals surface area contributed by atoms with Crippen molar-refractivity contribution in [1.82, 2.24) is 5.32 Å². The van der Waals surface area contributed by atoms with Crippen molar-refractivity contribution < 1.29 is 4.39 Å². The van der Waals surface area contributed by atoms with Crippen LogP contribution in [0.1, 0.15) is 6.42 Å². The van der Waals surface area contributed by atoms with Gasteiger partial charge in [0.25, 0.3) is 0 Å². The van der Waals surface area contributed by atoms with Crippen molar-refractivity contribution in [2.75, 3.05) is 26.3 Å². The molecule has 3 N–H and O–H groups in total. The average Bonchev–Trinajstić information content (AvgIpc) is 2.36. The van der Waals surface area contributed by atoms with Crippen LogP contribution in [0, 0.1) is 5.41 Å². The second-order valence-electron chi connectivity index (χ2n) is 2.76. The van der Waals surface area contributed by atoms with Crippen molar-refractivity contribution in [1.29, 1.82) is 0 Å². The van der Waals surface area contributed by atoms with E-state index in [9.17, 15) is 4.39 Å². The molecular formula is C6H13FN2. The van der Waals surface area contributed by atoms with Gasteiger partial charge in [0.1, 0.15) is 0 Å². The van der Waals surface area contributed by atoms with E-state index >= 15 is 0 Å². The average molecular weight is 132 g/mol. The first-order chi connectivity index (χ1) is 4.33. The monoisotopic (exact) mass is 132 g/mol. The lowest BCUT2D eigenvalue weighted by Crippen LogP contribution is -2.34. The van der Waals surface area contributed by atoms with Gasteiger partial charge in [-0.1, -0.05) is 0 Å². The molecule has 0 spiro atoms. The van der Waals surface area contributed by atoms with E-state index < -0.39 is 0 Å². The van der Waals surface area contributed by atoms with E-state index in [-0.39, 0.29) is 12.1 Å². The summed E-state index contributed by atoms with van der Waals surface area (Å²) in [4.78, 5) is 0. The summed E-state index contributed by atoms with van der Waals surface area (Å²) < 4.78 is 12.2. The smallest absolute Gasteiger partial charge is 0.0975 e. The van der Waals surface area contributed by atoms with E-state index in [1.165, 1.54) is 0 Å². The minimum Gasteiger partial charge on any atom is -0.330 e. The molecule has 1 rings (SSSR count). The van der Waals surface area contributed by atoms with Gasteiger partial charge in [0, 0.05) is 18.5 Å². The van der Waals surface area contributed by atoms with Gasteiger partial charge in [-0.05, 0) is 13.0 Å². The lowest BCUT2D eigenvalue weighted by atomic mass is 9.89. The van der Waals surface area contributed by atoms with E-state index in [4.69, 9.17) is 5.73 Å². The molecule has 9 heavy (non-hydrogen) atoms. The molecule has 0 radical (unpaired) electrons. The maximum absolute atomic E-state index is 12.2. The van der Waals surface area contributed by atoms with Crippen molar-refractivity contribution in [3.63, 3.8) is 0 Å². The van der Waals surface area contributed by atoms with Crippen LogP contribution in [0.5, 0.6) is 0 Å². The minimum absolute atomic E-state index is 0.222. The molecule has 0 unspecified atom stereocenters. The molecule has 0 aliphatic carbocycles. The summed E-state index contributed by atoms with van der Waals surface area (Å²) in [5.41, 5.74) is 5.18. The van der Waals surface area contributed by atoms with Gasteiger partial charge in [0.2, 0.25) is 0 Å². The van der Waals surface area contributed by atoms with Crippen LogP contribution >= 0.6 is 0 Å². The maximum atomic E-state index is 12.2. The number of alkyl halides is 1. The quantitative estimate of drug-likeness (QED) is 0.550. The maximum Gasteiger partial charge on any atom is 0.0975 e. The Hall–Kier alpha value is -0.150. The van der Waals surface area contributed by atoms with Crippen LogP contribution in [0.25, 0.3) is 0 Å². The second-order valence-corrected chi connectivity index (χ2v) is 2.76. The second kappa shape index (κ2) is 2.62. The fourth-order valence-electron chi connectivity index (χ4n) is 1.14. The largest absolute Gasteiger partial charge is 0.330 e. The van der Waals surface area contributed by atoms with Gasteiger partial charge in [-0.15, -0.1) is 0 Å². The lowest BCUT2D eigenvalue weighted by Gasteiger charge is -2.20.